The van der Waals surface area contributed by atoms with E-state index in [4.69, 9.17) is 5.11 Å². The van der Waals surface area contributed by atoms with Gasteiger partial charge in [-0.15, -0.1) is 0 Å². The topological polar surface area (TPSA) is 20.2 Å². The van der Waals surface area contributed by atoms with Crippen molar-refractivity contribution < 1.29 is 5.11 Å². The summed E-state index contributed by atoms with van der Waals surface area (Å²) in [5.41, 5.74) is 2.40. The van der Waals surface area contributed by atoms with Crippen LogP contribution in [0.3, 0.4) is 0 Å². The van der Waals surface area contributed by atoms with Crippen LogP contribution in [0, 0.1) is 3.57 Å². The van der Waals surface area contributed by atoms with Crippen LogP contribution in [0.15, 0.2) is 18.2 Å². The van der Waals surface area contributed by atoms with E-state index in [1.54, 1.807) is 0 Å². The highest BCUT2D eigenvalue weighted by Gasteiger charge is 1.97. The van der Waals surface area contributed by atoms with Gasteiger partial charge in [0, 0.05) is 13.8 Å². The molecule has 0 saturated carbocycles. The highest BCUT2D eigenvalue weighted by atomic mass is 127. The predicted molar refractivity (Wildman–Crippen MR) is 58.7 cm³/mol. The average Bonchev–Trinajstić information content (AvgIpc) is 2.05. The lowest BCUT2D eigenvalue weighted by Crippen LogP contribution is -1.91. The van der Waals surface area contributed by atoms with Crippen molar-refractivity contribution in [3.63, 3.8) is 0 Å². The summed E-state index contributed by atoms with van der Waals surface area (Å²) in [5, 5.41) is 8.86. The first-order valence-electron chi connectivity index (χ1n) is 3.66. The summed E-state index contributed by atoms with van der Waals surface area (Å²) in [5.74, 6) is 0. The van der Waals surface area contributed by atoms with Crippen LogP contribution in [-0.4, -0.2) is 15.3 Å². The molecule has 0 aromatic heterocycles. The fourth-order valence-corrected chi connectivity index (χ4v) is 3.02. The van der Waals surface area contributed by atoms with E-state index in [9.17, 15) is 0 Å². The maximum atomic E-state index is 8.86. The molecule has 1 aromatic rings. The van der Waals surface area contributed by atoms with Gasteiger partial charge in [-0.2, -0.15) is 0 Å². The highest BCUT2D eigenvalue weighted by Crippen LogP contribution is 2.14. The molecular weight excluding hydrogens is 267 g/mol. The third-order valence-electron chi connectivity index (χ3n) is 1.67. The Balaban J connectivity index is 3.02. The maximum Gasteiger partial charge on any atom is 0.0681 e. The molecule has 0 bridgehead atoms. The normalized spacial score (nSPS) is 10.4. The van der Waals surface area contributed by atoms with E-state index in [0.717, 1.165) is 5.56 Å². The van der Waals surface area contributed by atoms with Crippen LogP contribution in [-0.2, 0) is 12.7 Å². The van der Waals surface area contributed by atoms with Gasteiger partial charge >= 0.3 is 0 Å². The van der Waals surface area contributed by atoms with Gasteiger partial charge in [0.1, 0.15) is 0 Å². The zero-order valence-corrected chi connectivity index (χ0v) is 10.6. The molecule has 0 spiro atoms. The van der Waals surface area contributed by atoms with Gasteiger partial charge < -0.3 is 5.11 Å². The van der Waals surface area contributed by atoms with Crippen molar-refractivity contribution in [3.05, 3.63) is 32.9 Å². The molecule has 0 saturated heterocycles. The van der Waals surface area contributed by atoms with Crippen molar-refractivity contribution in [2.75, 3.05) is 0 Å². The molecule has 3 heteroatoms. The van der Waals surface area contributed by atoms with Crippen molar-refractivity contribution in [1.82, 2.24) is 0 Å². The van der Waals surface area contributed by atoms with Crippen LogP contribution >= 0.6 is 22.6 Å². The second-order valence-corrected chi connectivity index (χ2v) is 4.31. The number of hydrogen-bond donors (Lipinski definition) is 1. The minimum absolute atomic E-state index is 0.158. The van der Waals surface area contributed by atoms with Crippen LogP contribution in [0.5, 0.6) is 0 Å². The Hall–Kier alpha value is 0.127. The molecule has 0 fully saturated rings. The van der Waals surface area contributed by atoms with Crippen molar-refractivity contribution in [3.8, 4) is 0 Å². The van der Waals surface area contributed by atoms with E-state index >= 15 is 0 Å². The van der Waals surface area contributed by atoms with Crippen LogP contribution in [0.1, 0.15) is 11.1 Å². The third kappa shape index (κ3) is 2.28. The van der Waals surface area contributed by atoms with Gasteiger partial charge in [0.05, 0.1) is 6.61 Å². The fourth-order valence-electron chi connectivity index (χ4n) is 0.997. The highest BCUT2D eigenvalue weighted by molar-refractivity contribution is 14.1. The Kier molecular flexibility index (Phi) is 3.54. The number of hydrogen-bond acceptors (Lipinski definition) is 1. The lowest BCUT2D eigenvalue weighted by atomic mass is 10.1. The molecule has 0 atom stereocenters. The molecule has 1 nitrogen and oxygen atoms in total. The number of halogens is 1. The monoisotopic (exact) mass is 278 g/mol. The molecule has 0 amide bonds. The summed E-state index contributed by atoms with van der Waals surface area (Å²) in [6, 6.07) is 7.31. The molecule has 0 unspecified atom stereocenters. The van der Waals surface area contributed by atoms with Crippen LogP contribution in [0.4, 0.5) is 0 Å². The molecule has 60 valence electrons. The zero-order valence-electron chi connectivity index (χ0n) is 6.47. The Bertz CT molecular complexity index is 250. The first-order chi connectivity index (χ1) is 5.27. The number of aliphatic hydroxyl groups excluding tert-OH is 1. The molecule has 0 aliphatic heterocycles. The molecule has 0 radical (unpaired) electrons. The zero-order chi connectivity index (χ0) is 8.27. The molecule has 0 aliphatic carbocycles. The second kappa shape index (κ2) is 4.23. The quantitative estimate of drug-likeness (QED) is 0.622. The van der Waals surface area contributed by atoms with E-state index in [-0.39, 0.29) is 6.61 Å². The third-order valence-corrected chi connectivity index (χ3v) is 3.49. The summed E-state index contributed by atoms with van der Waals surface area (Å²) >= 11 is 2.33. The first kappa shape index (κ1) is 9.22. The van der Waals surface area contributed by atoms with Gasteiger partial charge in [0.25, 0.3) is 0 Å². The molecule has 1 N–H and O–H groups in total. The van der Waals surface area contributed by atoms with Gasteiger partial charge in [-0.05, 0) is 45.8 Å². The van der Waals surface area contributed by atoms with Crippen molar-refractivity contribution in [2.45, 2.75) is 12.7 Å². The van der Waals surface area contributed by atoms with Gasteiger partial charge in [-0.3, -0.25) is 0 Å². The predicted octanol–water partition coefficient (Wildman–Crippen LogP) is 0.649. The smallest absolute Gasteiger partial charge is 0.0681 e. The SMILES string of the molecule is OCc1ccc(I)c(C[SiH3])c1. The summed E-state index contributed by atoms with van der Waals surface area (Å²) in [6.07, 6.45) is 0. The van der Waals surface area contributed by atoms with E-state index in [0.29, 0.717) is 0 Å². The van der Waals surface area contributed by atoms with Crippen LogP contribution < -0.4 is 0 Å². The van der Waals surface area contributed by atoms with E-state index in [1.807, 2.05) is 6.07 Å². The molecule has 1 rings (SSSR count). The van der Waals surface area contributed by atoms with Crippen molar-refractivity contribution in [2.24, 2.45) is 0 Å². The van der Waals surface area contributed by atoms with E-state index in [1.165, 1.54) is 25.4 Å². The lowest BCUT2D eigenvalue weighted by molar-refractivity contribution is 0.281. The largest absolute Gasteiger partial charge is 0.392 e. The molecular formula is C8H11IOSi. The standard InChI is InChI=1S/C8H11IOSi/c9-8-2-1-6(4-10)3-7(8)5-11/h1-3,10H,4-5H2,11H3. The minimum Gasteiger partial charge on any atom is -0.392 e. The van der Waals surface area contributed by atoms with E-state index < -0.39 is 0 Å². The minimum atomic E-state index is 0.158. The lowest BCUT2D eigenvalue weighted by Gasteiger charge is -2.02. The van der Waals surface area contributed by atoms with Crippen molar-refractivity contribution >= 4 is 32.8 Å². The second-order valence-electron chi connectivity index (χ2n) is 2.44. The Labute approximate surface area is 83.4 Å². The Morgan fingerprint density at radius 1 is 1.45 bits per heavy atom. The molecule has 0 heterocycles. The van der Waals surface area contributed by atoms with Gasteiger partial charge in [0.2, 0.25) is 0 Å². The van der Waals surface area contributed by atoms with Crippen LogP contribution in [0.25, 0.3) is 0 Å². The number of rotatable bonds is 2. The van der Waals surface area contributed by atoms with E-state index in [2.05, 4.69) is 34.7 Å². The van der Waals surface area contributed by atoms with Crippen LogP contribution in [0.2, 0.25) is 0 Å². The van der Waals surface area contributed by atoms with Gasteiger partial charge in [0.15, 0.2) is 0 Å². The summed E-state index contributed by atoms with van der Waals surface area (Å²) in [7, 11) is 1.19. The molecule has 1 aromatic carbocycles. The number of aliphatic hydroxyl groups is 1. The summed E-state index contributed by atoms with van der Waals surface area (Å²) in [4.78, 5) is 0. The number of benzene rings is 1. The average molecular weight is 278 g/mol. The maximum absolute atomic E-state index is 8.86. The Morgan fingerprint density at radius 3 is 2.73 bits per heavy atom. The summed E-state index contributed by atoms with van der Waals surface area (Å²) < 4.78 is 1.31. The van der Waals surface area contributed by atoms with Crippen molar-refractivity contribution in [1.29, 1.82) is 0 Å². The molecule has 11 heavy (non-hydrogen) atoms. The molecule has 0 aliphatic rings. The first-order valence-corrected chi connectivity index (χ1v) is 6.15. The Morgan fingerprint density at radius 2 is 2.18 bits per heavy atom. The summed E-state index contributed by atoms with van der Waals surface area (Å²) in [6.45, 7) is 0.158. The fraction of sp³-hybridized carbons (Fsp3) is 0.250. The van der Waals surface area contributed by atoms with Gasteiger partial charge in [-0.25, -0.2) is 0 Å². The van der Waals surface area contributed by atoms with Gasteiger partial charge in [-0.1, -0.05) is 12.1 Å².